The second kappa shape index (κ2) is 6.06. The SMILES string of the molecule is C#CC[C@H](O)[C@@H](O)CC1CCCCC1. The Morgan fingerprint density at radius 1 is 1.14 bits per heavy atom. The van der Waals surface area contributed by atoms with Crippen molar-refractivity contribution in [2.45, 2.75) is 57.2 Å². The summed E-state index contributed by atoms with van der Waals surface area (Å²) in [7, 11) is 0. The molecule has 1 aliphatic rings. The van der Waals surface area contributed by atoms with Crippen LogP contribution in [0.4, 0.5) is 0 Å². The Balaban J connectivity index is 2.24. The van der Waals surface area contributed by atoms with Gasteiger partial charge >= 0.3 is 0 Å². The molecule has 1 saturated carbocycles. The lowest BCUT2D eigenvalue weighted by Crippen LogP contribution is -2.28. The van der Waals surface area contributed by atoms with Crippen LogP contribution >= 0.6 is 0 Å². The van der Waals surface area contributed by atoms with Crippen molar-refractivity contribution < 1.29 is 10.2 Å². The van der Waals surface area contributed by atoms with Crippen LogP contribution in [0, 0.1) is 18.3 Å². The minimum absolute atomic E-state index is 0.258. The number of hydrogen-bond acceptors (Lipinski definition) is 2. The predicted octanol–water partition coefficient (Wildman–Crippen LogP) is 1.70. The van der Waals surface area contributed by atoms with E-state index in [-0.39, 0.29) is 6.42 Å². The first-order valence-electron chi connectivity index (χ1n) is 5.53. The molecule has 1 aliphatic carbocycles. The van der Waals surface area contributed by atoms with Gasteiger partial charge in [-0.15, -0.1) is 12.3 Å². The maximum absolute atomic E-state index is 9.66. The monoisotopic (exact) mass is 196 g/mol. The van der Waals surface area contributed by atoms with Gasteiger partial charge in [0.2, 0.25) is 0 Å². The van der Waals surface area contributed by atoms with Crippen molar-refractivity contribution in [1.29, 1.82) is 0 Å². The van der Waals surface area contributed by atoms with E-state index < -0.39 is 12.2 Å². The molecular formula is C12H20O2. The van der Waals surface area contributed by atoms with Crippen LogP contribution in [0.3, 0.4) is 0 Å². The van der Waals surface area contributed by atoms with E-state index in [0.29, 0.717) is 12.3 Å². The first kappa shape index (κ1) is 11.6. The Kier molecular flexibility index (Phi) is 5.00. The van der Waals surface area contributed by atoms with Crippen LogP contribution in [0.25, 0.3) is 0 Å². The molecule has 2 atom stereocenters. The highest BCUT2D eigenvalue weighted by molar-refractivity contribution is 4.89. The van der Waals surface area contributed by atoms with Gasteiger partial charge in [-0.1, -0.05) is 32.1 Å². The quantitative estimate of drug-likeness (QED) is 0.672. The van der Waals surface area contributed by atoms with Gasteiger partial charge in [-0.25, -0.2) is 0 Å². The van der Waals surface area contributed by atoms with Crippen molar-refractivity contribution in [2.75, 3.05) is 0 Å². The van der Waals surface area contributed by atoms with Gasteiger partial charge in [0.15, 0.2) is 0 Å². The Morgan fingerprint density at radius 3 is 2.36 bits per heavy atom. The Labute approximate surface area is 86.3 Å². The third kappa shape index (κ3) is 3.69. The summed E-state index contributed by atoms with van der Waals surface area (Å²) in [6.07, 6.45) is 10.9. The zero-order valence-electron chi connectivity index (χ0n) is 8.65. The lowest BCUT2D eigenvalue weighted by molar-refractivity contribution is 0.00481. The second-order valence-electron chi connectivity index (χ2n) is 4.28. The second-order valence-corrected chi connectivity index (χ2v) is 4.28. The molecule has 80 valence electrons. The number of aliphatic hydroxyl groups excluding tert-OH is 2. The topological polar surface area (TPSA) is 40.5 Å². The summed E-state index contributed by atoms with van der Waals surface area (Å²) < 4.78 is 0. The highest BCUT2D eigenvalue weighted by Gasteiger charge is 2.21. The van der Waals surface area contributed by atoms with Crippen molar-refractivity contribution >= 4 is 0 Å². The number of terminal acetylenes is 1. The predicted molar refractivity (Wildman–Crippen MR) is 56.7 cm³/mol. The molecule has 1 fully saturated rings. The maximum atomic E-state index is 9.66. The van der Waals surface area contributed by atoms with E-state index in [2.05, 4.69) is 5.92 Å². The van der Waals surface area contributed by atoms with Crippen LogP contribution in [-0.2, 0) is 0 Å². The molecule has 0 radical (unpaired) electrons. The molecule has 14 heavy (non-hydrogen) atoms. The molecule has 0 aromatic rings. The van der Waals surface area contributed by atoms with Crippen molar-refractivity contribution in [3.05, 3.63) is 0 Å². The van der Waals surface area contributed by atoms with Crippen LogP contribution in [-0.4, -0.2) is 22.4 Å². The van der Waals surface area contributed by atoms with Crippen molar-refractivity contribution in [3.63, 3.8) is 0 Å². The van der Waals surface area contributed by atoms with E-state index in [1.54, 1.807) is 0 Å². The first-order valence-corrected chi connectivity index (χ1v) is 5.53. The minimum Gasteiger partial charge on any atom is -0.390 e. The molecule has 0 unspecified atom stereocenters. The van der Waals surface area contributed by atoms with E-state index in [0.717, 1.165) is 0 Å². The van der Waals surface area contributed by atoms with Gasteiger partial charge in [0.1, 0.15) is 0 Å². The Morgan fingerprint density at radius 2 is 1.79 bits per heavy atom. The lowest BCUT2D eigenvalue weighted by Gasteiger charge is -2.25. The standard InChI is InChI=1S/C12H20O2/c1-2-6-11(13)12(14)9-10-7-4-3-5-8-10/h1,10-14H,3-9H2/t11-,12-/m0/s1. The van der Waals surface area contributed by atoms with E-state index in [1.807, 2.05) is 0 Å². The molecule has 0 aliphatic heterocycles. The highest BCUT2D eigenvalue weighted by Crippen LogP contribution is 2.28. The Hall–Kier alpha value is -0.520. The van der Waals surface area contributed by atoms with Gasteiger partial charge in [-0.3, -0.25) is 0 Å². The molecule has 2 nitrogen and oxygen atoms in total. The van der Waals surface area contributed by atoms with Gasteiger partial charge in [-0.05, 0) is 12.3 Å². The molecule has 0 bridgehead atoms. The van der Waals surface area contributed by atoms with E-state index in [1.165, 1.54) is 32.1 Å². The van der Waals surface area contributed by atoms with Crippen molar-refractivity contribution in [1.82, 2.24) is 0 Å². The molecule has 2 heteroatoms. The summed E-state index contributed by atoms with van der Waals surface area (Å²) in [5, 5.41) is 19.1. The number of rotatable bonds is 4. The molecule has 2 N–H and O–H groups in total. The summed E-state index contributed by atoms with van der Waals surface area (Å²) in [4.78, 5) is 0. The number of hydrogen-bond donors (Lipinski definition) is 2. The minimum atomic E-state index is -0.734. The summed E-state index contributed by atoms with van der Waals surface area (Å²) in [6.45, 7) is 0. The van der Waals surface area contributed by atoms with Gasteiger partial charge < -0.3 is 10.2 Å². The zero-order chi connectivity index (χ0) is 10.4. The van der Waals surface area contributed by atoms with Gasteiger partial charge in [0, 0.05) is 6.42 Å². The normalized spacial score (nSPS) is 22.6. The smallest absolute Gasteiger partial charge is 0.0907 e. The van der Waals surface area contributed by atoms with Gasteiger partial charge in [0.05, 0.1) is 12.2 Å². The van der Waals surface area contributed by atoms with E-state index >= 15 is 0 Å². The molecule has 1 rings (SSSR count). The summed E-state index contributed by atoms with van der Waals surface area (Å²) in [5.74, 6) is 2.96. The van der Waals surface area contributed by atoms with Gasteiger partial charge in [0.25, 0.3) is 0 Å². The van der Waals surface area contributed by atoms with Crippen LogP contribution in [0.15, 0.2) is 0 Å². The number of aliphatic hydroxyl groups is 2. The molecule has 0 aromatic carbocycles. The average molecular weight is 196 g/mol. The Bertz CT molecular complexity index is 189. The van der Waals surface area contributed by atoms with E-state index in [9.17, 15) is 10.2 Å². The summed E-state index contributed by atoms with van der Waals surface area (Å²) in [5.41, 5.74) is 0. The molecule has 0 spiro atoms. The lowest BCUT2D eigenvalue weighted by atomic mass is 9.84. The molecule has 0 amide bonds. The fourth-order valence-corrected chi connectivity index (χ4v) is 2.18. The van der Waals surface area contributed by atoms with Crippen LogP contribution < -0.4 is 0 Å². The van der Waals surface area contributed by atoms with E-state index in [4.69, 9.17) is 6.42 Å². The summed E-state index contributed by atoms with van der Waals surface area (Å²) in [6, 6.07) is 0. The van der Waals surface area contributed by atoms with Crippen LogP contribution in [0.1, 0.15) is 44.9 Å². The largest absolute Gasteiger partial charge is 0.390 e. The van der Waals surface area contributed by atoms with Crippen molar-refractivity contribution in [2.24, 2.45) is 5.92 Å². The van der Waals surface area contributed by atoms with Crippen LogP contribution in [0.5, 0.6) is 0 Å². The molecule has 0 saturated heterocycles. The molecular weight excluding hydrogens is 176 g/mol. The van der Waals surface area contributed by atoms with Gasteiger partial charge in [-0.2, -0.15) is 0 Å². The molecule has 0 heterocycles. The summed E-state index contributed by atoms with van der Waals surface area (Å²) >= 11 is 0. The third-order valence-electron chi connectivity index (χ3n) is 3.07. The zero-order valence-corrected chi connectivity index (χ0v) is 8.65. The average Bonchev–Trinajstić information content (AvgIpc) is 2.19. The van der Waals surface area contributed by atoms with Crippen LogP contribution in [0.2, 0.25) is 0 Å². The maximum Gasteiger partial charge on any atom is 0.0907 e. The fourth-order valence-electron chi connectivity index (χ4n) is 2.18. The third-order valence-corrected chi connectivity index (χ3v) is 3.07. The fraction of sp³-hybridized carbons (Fsp3) is 0.833. The highest BCUT2D eigenvalue weighted by atomic mass is 16.3. The first-order chi connectivity index (χ1) is 6.74. The molecule has 0 aromatic heterocycles. The van der Waals surface area contributed by atoms with Crippen molar-refractivity contribution in [3.8, 4) is 12.3 Å².